The third kappa shape index (κ3) is 4.79. The Hall–Kier alpha value is -3.65. The molecule has 0 saturated carbocycles. The molecule has 0 bridgehead atoms. The Kier molecular flexibility index (Phi) is 6.06. The highest BCUT2D eigenvalue weighted by Gasteiger charge is 2.20. The molecule has 35 heavy (non-hydrogen) atoms. The minimum atomic E-state index is -3.97. The summed E-state index contributed by atoms with van der Waals surface area (Å²) in [5.41, 5.74) is 1.94. The average molecular weight is 523 g/mol. The van der Waals surface area contributed by atoms with E-state index in [1.807, 2.05) is 30.3 Å². The summed E-state index contributed by atoms with van der Waals surface area (Å²) < 4.78 is 34.3. The number of nitrogens with one attached hydrogen (secondary N) is 1. The molecule has 5 rings (SSSR count). The fraction of sp³-hybridized carbons (Fsp3) is 0. The van der Waals surface area contributed by atoms with Gasteiger partial charge in [0.15, 0.2) is 0 Å². The molecular weight excluding hydrogens is 507 g/mol. The first-order valence-electron chi connectivity index (χ1n) is 10.4. The predicted octanol–water partition coefficient (Wildman–Crippen LogP) is 6.63. The normalized spacial score (nSPS) is 11.5. The summed E-state index contributed by atoms with van der Waals surface area (Å²) >= 11 is 12.1. The van der Waals surface area contributed by atoms with Crippen LogP contribution in [0.15, 0.2) is 105 Å². The summed E-state index contributed by atoms with van der Waals surface area (Å²) in [6.07, 6.45) is 0. The fourth-order valence-corrected chi connectivity index (χ4v) is 5.03. The fourth-order valence-electron chi connectivity index (χ4n) is 3.60. The number of aromatic nitrogens is 1. The van der Waals surface area contributed by atoms with Gasteiger partial charge in [-0.25, -0.2) is 18.2 Å². The van der Waals surface area contributed by atoms with E-state index in [9.17, 15) is 13.2 Å². The molecule has 0 saturated heterocycles. The Morgan fingerprint density at radius 1 is 0.771 bits per heavy atom. The molecule has 0 spiro atoms. The number of sulfonamides is 1. The van der Waals surface area contributed by atoms with Gasteiger partial charge in [0.25, 0.3) is 10.0 Å². The lowest BCUT2D eigenvalue weighted by atomic mass is 10.1. The van der Waals surface area contributed by atoms with Crippen LogP contribution in [0.5, 0.6) is 0 Å². The molecule has 0 aliphatic rings. The van der Waals surface area contributed by atoms with Gasteiger partial charge in [-0.1, -0.05) is 65.7 Å². The highest BCUT2D eigenvalue weighted by atomic mass is 35.5. The Morgan fingerprint density at radius 3 is 2.17 bits per heavy atom. The molecule has 1 N–H and O–H groups in total. The first kappa shape index (κ1) is 23.1. The minimum Gasteiger partial charge on any atom is -0.403 e. The number of nitrogens with zero attached hydrogens (tertiary/aromatic N) is 1. The van der Waals surface area contributed by atoms with Crippen molar-refractivity contribution in [1.82, 2.24) is 4.98 Å². The van der Waals surface area contributed by atoms with Crippen molar-refractivity contribution in [3.63, 3.8) is 0 Å². The van der Waals surface area contributed by atoms with E-state index >= 15 is 0 Å². The Balaban J connectivity index is 1.53. The van der Waals surface area contributed by atoms with Gasteiger partial charge in [-0.3, -0.25) is 4.72 Å². The first-order chi connectivity index (χ1) is 16.8. The van der Waals surface area contributed by atoms with Gasteiger partial charge in [0.2, 0.25) is 5.89 Å². The summed E-state index contributed by atoms with van der Waals surface area (Å²) in [5, 5.41) is 0.897. The Bertz CT molecular complexity index is 1720. The van der Waals surface area contributed by atoms with Gasteiger partial charge in [0.1, 0.15) is 0 Å². The van der Waals surface area contributed by atoms with Crippen molar-refractivity contribution < 1.29 is 12.8 Å². The smallest absolute Gasteiger partial charge is 0.347 e. The maximum atomic E-state index is 13.2. The summed E-state index contributed by atoms with van der Waals surface area (Å²) in [5.74, 6) is -0.0792. The maximum Gasteiger partial charge on any atom is 0.347 e. The third-order valence-corrected chi connectivity index (χ3v) is 7.17. The van der Waals surface area contributed by atoms with E-state index in [0.717, 1.165) is 11.1 Å². The maximum absolute atomic E-state index is 13.2. The molecular formula is C26H16Cl2N2O4S. The van der Waals surface area contributed by atoms with Crippen molar-refractivity contribution in [3.8, 4) is 22.6 Å². The molecule has 9 heteroatoms. The number of hydrogen-bond donors (Lipinski definition) is 1. The van der Waals surface area contributed by atoms with E-state index < -0.39 is 15.6 Å². The highest BCUT2D eigenvalue weighted by Crippen LogP contribution is 2.32. The average Bonchev–Trinajstić information content (AvgIpc) is 2.86. The second kappa shape index (κ2) is 9.19. The van der Waals surface area contributed by atoms with Gasteiger partial charge in [0, 0.05) is 10.0 Å². The number of benzene rings is 4. The van der Waals surface area contributed by atoms with E-state index in [2.05, 4.69) is 9.71 Å². The zero-order valence-electron chi connectivity index (χ0n) is 17.9. The molecule has 1 aromatic heterocycles. The van der Waals surface area contributed by atoms with Crippen LogP contribution in [-0.4, -0.2) is 13.4 Å². The zero-order valence-corrected chi connectivity index (χ0v) is 20.2. The number of fused-ring (bicyclic) bond motifs is 1. The molecule has 0 unspecified atom stereocenters. The van der Waals surface area contributed by atoms with E-state index in [1.54, 1.807) is 24.3 Å². The standard InChI is InChI=1S/C26H16Cl2N2O4S/c27-18-9-13-24(21(14-18)25-29-23-12-8-19(28)15-22(23)26(31)34-25)30-35(32,33)20-10-6-17(7-11-20)16-4-2-1-3-5-16/h1-15,30H. The molecule has 0 atom stereocenters. The summed E-state index contributed by atoms with van der Waals surface area (Å²) in [4.78, 5) is 17.0. The summed E-state index contributed by atoms with van der Waals surface area (Å²) in [6.45, 7) is 0. The predicted molar refractivity (Wildman–Crippen MR) is 138 cm³/mol. The van der Waals surface area contributed by atoms with Crippen LogP contribution in [0.1, 0.15) is 0 Å². The number of rotatable bonds is 5. The number of hydrogen-bond acceptors (Lipinski definition) is 5. The molecule has 0 radical (unpaired) electrons. The number of anilines is 1. The Labute approximate surface area is 210 Å². The van der Waals surface area contributed by atoms with E-state index in [4.69, 9.17) is 27.6 Å². The van der Waals surface area contributed by atoms with Crippen molar-refractivity contribution in [3.05, 3.63) is 111 Å². The second-order valence-corrected chi connectivity index (χ2v) is 10.2. The van der Waals surface area contributed by atoms with Crippen LogP contribution >= 0.6 is 23.2 Å². The lowest BCUT2D eigenvalue weighted by molar-refractivity contribution is 0.518. The quantitative estimate of drug-likeness (QED) is 0.279. The van der Waals surface area contributed by atoms with Crippen LogP contribution in [0.25, 0.3) is 33.5 Å². The van der Waals surface area contributed by atoms with Gasteiger partial charge in [0.05, 0.1) is 27.0 Å². The van der Waals surface area contributed by atoms with Crippen molar-refractivity contribution in [1.29, 1.82) is 0 Å². The molecule has 0 aliphatic carbocycles. The first-order valence-corrected chi connectivity index (χ1v) is 12.6. The van der Waals surface area contributed by atoms with E-state index in [1.165, 1.54) is 36.4 Å². The molecule has 0 amide bonds. The lowest BCUT2D eigenvalue weighted by Crippen LogP contribution is -2.14. The van der Waals surface area contributed by atoms with Gasteiger partial charge in [-0.2, -0.15) is 0 Å². The van der Waals surface area contributed by atoms with Crippen LogP contribution in [0, 0.1) is 0 Å². The molecule has 174 valence electrons. The lowest BCUT2D eigenvalue weighted by Gasteiger charge is -2.13. The molecule has 5 aromatic rings. The van der Waals surface area contributed by atoms with Gasteiger partial charge >= 0.3 is 5.63 Å². The molecule has 0 fully saturated rings. The van der Waals surface area contributed by atoms with E-state index in [-0.39, 0.29) is 27.4 Å². The van der Waals surface area contributed by atoms with Crippen LogP contribution in [0.3, 0.4) is 0 Å². The number of halogens is 2. The zero-order chi connectivity index (χ0) is 24.6. The van der Waals surface area contributed by atoms with Crippen LogP contribution < -0.4 is 10.3 Å². The molecule has 0 aliphatic heterocycles. The van der Waals surface area contributed by atoms with Crippen LogP contribution in [0.2, 0.25) is 10.0 Å². The summed E-state index contributed by atoms with van der Waals surface area (Å²) in [6, 6.07) is 25.3. The molecule has 1 heterocycles. The largest absolute Gasteiger partial charge is 0.403 e. The SMILES string of the molecule is O=c1oc(-c2cc(Cl)ccc2NS(=O)(=O)c2ccc(-c3ccccc3)cc2)nc2ccc(Cl)cc12. The minimum absolute atomic E-state index is 0.0700. The molecule has 4 aromatic carbocycles. The summed E-state index contributed by atoms with van der Waals surface area (Å²) in [7, 11) is -3.97. The topological polar surface area (TPSA) is 89.3 Å². The monoisotopic (exact) mass is 522 g/mol. The van der Waals surface area contributed by atoms with Gasteiger partial charge < -0.3 is 4.42 Å². The third-order valence-electron chi connectivity index (χ3n) is 5.32. The van der Waals surface area contributed by atoms with Crippen molar-refractivity contribution in [2.45, 2.75) is 4.90 Å². The van der Waals surface area contributed by atoms with Crippen LogP contribution in [-0.2, 0) is 10.0 Å². The molecule has 6 nitrogen and oxygen atoms in total. The van der Waals surface area contributed by atoms with Crippen molar-refractivity contribution in [2.24, 2.45) is 0 Å². The van der Waals surface area contributed by atoms with Crippen molar-refractivity contribution >= 4 is 49.8 Å². The van der Waals surface area contributed by atoms with Gasteiger partial charge in [-0.05, 0) is 59.7 Å². The van der Waals surface area contributed by atoms with Gasteiger partial charge in [-0.15, -0.1) is 0 Å². The van der Waals surface area contributed by atoms with Crippen LogP contribution in [0.4, 0.5) is 5.69 Å². The highest BCUT2D eigenvalue weighted by molar-refractivity contribution is 7.92. The second-order valence-electron chi connectivity index (χ2n) is 7.65. The van der Waals surface area contributed by atoms with Crippen molar-refractivity contribution in [2.75, 3.05) is 4.72 Å². The Morgan fingerprint density at radius 2 is 1.43 bits per heavy atom. The van der Waals surface area contributed by atoms with E-state index in [0.29, 0.717) is 15.6 Å².